The van der Waals surface area contributed by atoms with Crippen LogP contribution in [0.3, 0.4) is 0 Å². The molecule has 27 heavy (non-hydrogen) atoms. The molecule has 0 N–H and O–H groups in total. The van der Waals surface area contributed by atoms with Gasteiger partial charge in [0.05, 0.1) is 6.42 Å². The quantitative estimate of drug-likeness (QED) is 0.416. The standard InChI is InChI=1S/C23H36O3Si/c1-16(2)27(17(3)4,18(5)6)26-11-10-19-8-7-9-20(12-19)21-13-22(24)15-23(25)14-21/h7-9,12,16-18,21H,10-11,13-15H2,1-6H3. The number of benzene rings is 1. The molecule has 1 aliphatic carbocycles. The molecule has 0 radical (unpaired) electrons. The van der Waals surface area contributed by atoms with E-state index in [0.717, 1.165) is 18.6 Å². The predicted octanol–water partition coefficient (Wildman–Crippen LogP) is 5.83. The van der Waals surface area contributed by atoms with Gasteiger partial charge >= 0.3 is 0 Å². The topological polar surface area (TPSA) is 43.4 Å². The molecule has 0 bridgehead atoms. The Bertz CT molecular complexity index is 626. The minimum atomic E-state index is -1.83. The van der Waals surface area contributed by atoms with Crippen LogP contribution in [-0.4, -0.2) is 26.5 Å². The molecular weight excluding hydrogens is 352 g/mol. The van der Waals surface area contributed by atoms with Crippen molar-refractivity contribution in [3.63, 3.8) is 0 Å². The van der Waals surface area contributed by atoms with E-state index in [9.17, 15) is 9.59 Å². The van der Waals surface area contributed by atoms with Gasteiger partial charge in [-0.05, 0) is 40.1 Å². The van der Waals surface area contributed by atoms with Gasteiger partial charge in [0, 0.05) is 19.4 Å². The number of hydrogen-bond acceptors (Lipinski definition) is 3. The van der Waals surface area contributed by atoms with E-state index in [2.05, 4.69) is 59.7 Å². The zero-order chi connectivity index (χ0) is 20.2. The Morgan fingerprint density at radius 1 is 0.963 bits per heavy atom. The molecule has 4 heteroatoms. The lowest BCUT2D eigenvalue weighted by atomic mass is 9.82. The van der Waals surface area contributed by atoms with Gasteiger partial charge in [-0.15, -0.1) is 0 Å². The second-order valence-corrected chi connectivity index (χ2v) is 14.5. The fourth-order valence-electron chi connectivity index (χ4n) is 5.07. The van der Waals surface area contributed by atoms with Crippen molar-refractivity contribution in [1.82, 2.24) is 0 Å². The third-order valence-corrected chi connectivity index (χ3v) is 12.3. The van der Waals surface area contributed by atoms with Crippen LogP contribution < -0.4 is 0 Å². The first kappa shape index (κ1) is 22.0. The molecule has 0 unspecified atom stereocenters. The van der Waals surface area contributed by atoms with E-state index in [0.29, 0.717) is 29.5 Å². The van der Waals surface area contributed by atoms with Crippen LogP contribution in [0.4, 0.5) is 0 Å². The smallest absolute Gasteiger partial charge is 0.200 e. The van der Waals surface area contributed by atoms with Crippen LogP contribution in [0.2, 0.25) is 16.6 Å². The lowest BCUT2D eigenvalue weighted by Gasteiger charge is -2.42. The van der Waals surface area contributed by atoms with Crippen LogP contribution in [0.5, 0.6) is 0 Å². The Labute approximate surface area is 166 Å². The average Bonchev–Trinajstić information content (AvgIpc) is 2.57. The van der Waals surface area contributed by atoms with Gasteiger partial charge in [-0.1, -0.05) is 65.8 Å². The number of Topliss-reactive ketones (excluding diaryl/α,β-unsaturated/α-hetero) is 2. The molecule has 0 heterocycles. The van der Waals surface area contributed by atoms with Crippen LogP contribution in [-0.2, 0) is 20.4 Å². The molecule has 0 atom stereocenters. The molecule has 1 aromatic rings. The monoisotopic (exact) mass is 388 g/mol. The molecule has 1 aromatic carbocycles. The molecule has 150 valence electrons. The van der Waals surface area contributed by atoms with Crippen molar-refractivity contribution >= 4 is 19.9 Å². The van der Waals surface area contributed by atoms with Gasteiger partial charge in [-0.25, -0.2) is 0 Å². The second kappa shape index (κ2) is 9.29. The van der Waals surface area contributed by atoms with Gasteiger partial charge in [-0.3, -0.25) is 9.59 Å². The van der Waals surface area contributed by atoms with Crippen molar-refractivity contribution in [2.75, 3.05) is 6.61 Å². The van der Waals surface area contributed by atoms with E-state index in [1.165, 1.54) is 5.56 Å². The number of rotatable bonds is 8. The van der Waals surface area contributed by atoms with E-state index >= 15 is 0 Å². The molecule has 0 saturated heterocycles. The van der Waals surface area contributed by atoms with Crippen LogP contribution >= 0.6 is 0 Å². The highest BCUT2D eigenvalue weighted by Crippen LogP contribution is 2.42. The summed E-state index contributed by atoms with van der Waals surface area (Å²) in [4.78, 5) is 23.6. The van der Waals surface area contributed by atoms with Crippen molar-refractivity contribution < 1.29 is 14.0 Å². The summed E-state index contributed by atoms with van der Waals surface area (Å²) in [6.45, 7) is 14.6. The lowest BCUT2D eigenvalue weighted by molar-refractivity contribution is -0.130. The zero-order valence-corrected chi connectivity index (χ0v) is 18.9. The van der Waals surface area contributed by atoms with Crippen LogP contribution in [0, 0.1) is 0 Å². The second-order valence-electron chi connectivity index (χ2n) is 9.02. The Morgan fingerprint density at radius 3 is 2.04 bits per heavy atom. The molecule has 0 aromatic heterocycles. The molecule has 1 fully saturated rings. The Kier molecular flexibility index (Phi) is 7.58. The van der Waals surface area contributed by atoms with Crippen molar-refractivity contribution in [3.05, 3.63) is 35.4 Å². The zero-order valence-electron chi connectivity index (χ0n) is 17.9. The number of carbonyl (C=O) groups is 2. The maximum absolute atomic E-state index is 11.8. The fraction of sp³-hybridized carbons (Fsp3) is 0.652. The summed E-state index contributed by atoms with van der Waals surface area (Å²) < 4.78 is 6.67. The van der Waals surface area contributed by atoms with Gasteiger partial charge < -0.3 is 4.43 Å². The summed E-state index contributed by atoms with van der Waals surface area (Å²) in [5, 5.41) is 0. The lowest BCUT2D eigenvalue weighted by Crippen LogP contribution is -2.48. The number of ketones is 2. The highest BCUT2D eigenvalue weighted by Gasteiger charge is 2.44. The molecule has 2 rings (SSSR count). The van der Waals surface area contributed by atoms with E-state index in [-0.39, 0.29) is 23.9 Å². The van der Waals surface area contributed by atoms with Crippen molar-refractivity contribution in [3.8, 4) is 0 Å². The molecule has 3 nitrogen and oxygen atoms in total. The Morgan fingerprint density at radius 2 is 1.52 bits per heavy atom. The SMILES string of the molecule is CC(C)[Si](OCCc1cccc(C2CC(=O)CC(=O)C2)c1)(C(C)C)C(C)C. The van der Waals surface area contributed by atoms with Crippen molar-refractivity contribution in [2.45, 2.75) is 89.8 Å². The Balaban J connectivity index is 2.06. The average molecular weight is 389 g/mol. The normalized spacial score (nSPS) is 16.8. The van der Waals surface area contributed by atoms with Crippen LogP contribution in [0.1, 0.15) is 77.8 Å². The minimum absolute atomic E-state index is 0.0510. The van der Waals surface area contributed by atoms with Gasteiger partial charge in [0.15, 0.2) is 8.32 Å². The number of hydrogen-bond donors (Lipinski definition) is 0. The van der Waals surface area contributed by atoms with Crippen LogP contribution in [0.15, 0.2) is 24.3 Å². The van der Waals surface area contributed by atoms with Crippen molar-refractivity contribution in [1.29, 1.82) is 0 Å². The van der Waals surface area contributed by atoms with Gasteiger partial charge in [0.25, 0.3) is 0 Å². The summed E-state index contributed by atoms with van der Waals surface area (Å²) in [5.41, 5.74) is 4.11. The molecular formula is C23H36O3Si. The van der Waals surface area contributed by atoms with Gasteiger partial charge in [0.1, 0.15) is 11.6 Å². The molecule has 0 aliphatic heterocycles. The maximum atomic E-state index is 11.8. The summed E-state index contributed by atoms with van der Waals surface area (Å²) in [7, 11) is -1.83. The third kappa shape index (κ3) is 5.17. The summed E-state index contributed by atoms with van der Waals surface area (Å²) in [6, 6.07) is 8.40. The Hall–Kier alpha value is -1.26. The fourth-order valence-corrected chi connectivity index (χ4v) is 10.5. The maximum Gasteiger partial charge on any atom is 0.200 e. The summed E-state index contributed by atoms with van der Waals surface area (Å²) in [6.07, 6.45) is 1.99. The summed E-state index contributed by atoms with van der Waals surface area (Å²) >= 11 is 0. The highest BCUT2D eigenvalue weighted by atomic mass is 28.4. The highest BCUT2D eigenvalue weighted by molar-refractivity contribution is 6.77. The van der Waals surface area contributed by atoms with Crippen LogP contribution in [0.25, 0.3) is 0 Å². The molecule has 0 amide bonds. The molecule has 1 saturated carbocycles. The predicted molar refractivity (Wildman–Crippen MR) is 114 cm³/mol. The molecule has 1 aliphatic rings. The number of carbonyl (C=O) groups excluding carboxylic acids is 2. The largest absolute Gasteiger partial charge is 0.416 e. The van der Waals surface area contributed by atoms with Gasteiger partial charge in [0.2, 0.25) is 0 Å². The van der Waals surface area contributed by atoms with E-state index in [4.69, 9.17) is 4.43 Å². The van der Waals surface area contributed by atoms with E-state index in [1.807, 2.05) is 6.07 Å². The first-order valence-corrected chi connectivity index (χ1v) is 12.6. The van der Waals surface area contributed by atoms with Gasteiger partial charge in [-0.2, -0.15) is 0 Å². The molecule has 0 spiro atoms. The first-order valence-electron chi connectivity index (χ1n) is 10.4. The van der Waals surface area contributed by atoms with Crippen molar-refractivity contribution in [2.24, 2.45) is 0 Å². The van der Waals surface area contributed by atoms with E-state index in [1.54, 1.807) is 0 Å². The third-order valence-electron chi connectivity index (χ3n) is 6.21. The van der Waals surface area contributed by atoms with E-state index < -0.39 is 8.32 Å². The first-order chi connectivity index (χ1) is 12.7. The minimum Gasteiger partial charge on any atom is -0.416 e. The summed E-state index contributed by atoms with van der Waals surface area (Å²) in [5.74, 6) is 0.202.